The average Bonchev–Trinajstić information content (AvgIpc) is 2.84. The van der Waals surface area contributed by atoms with E-state index in [1.807, 2.05) is 0 Å². The van der Waals surface area contributed by atoms with Crippen LogP contribution >= 0.6 is 0 Å². The number of aliphatic hydroxyl groups excluding tert-OH is 1. The summed E-state index contributed by atoms with van der Waals surface area (Å²) in [4.78, 5) is 11.7. The Morgan fingerprint density at radius 3 is 3.06 bits per heavy atom. The third kappa shape index (κ3) is 2.41. The molecule has 0 saturated heterocycles. The van der Waals surface area contributed by atoms with Crippen molar-refractivity contribution in [1.82, 2.24) is 15.1 Å². The summed E-state index contributed by atoms with van der Waals surface area (Å²) < 4.78 is 1.55. The van der Waals surface area contributed by atoms with E-state index in [2.05, 4.69) is 10.4 Å². The minimum absolute atomic E-state index is 0.0959. The molecule has 2 rings (SSSR count). The Labute approximate surface area is 94.5 Å². The highest BCUT2D eigenvalue weighted by Gasteiger charge is 2.23. The lowest BCUT2D eigenvalue weighted by Crippen LogP contribution is -2.30. The van der Waals surface area contributed by atoms with Crippen LogP contribution in [0.5, 0.6) is 0 Å². The molecule has 1 saturated carbocycles. The van der Waals surface area contributed by atoms with Crippen molar-refractivity contribution in [3.8, 4) is 0 Å². The molecular weight excluding hydrogens is 206 g/mol. The van der Waals surface area contributed by atoms with Gasteiger partial charge in [0.25, 0.3) is 5.91 Å². The number of aromatic nitrogens is 2. The van der Waals surface area contributed by atoms with Crippen LogP contribution in [0, 0.1) is 5.92 Å². The number of nitrogens with zero attached hydrogens (tertiary/aromatic N) is 2. The Hall–Kier alpha value is -1.36. The molecule has 1 heterocycles. The number of aliphatic hydroxyl groups is 1. The predicted molar refractivity (Wildman–Crippen MR) is 58.9 cm³/mol. The van der Waals surface area contributed by atoms with Gasteiger partial charge in [0, 0.05) is 19.8 Å². The number of rotatable bonds is 3. The van der Waals surface area contributed by atoms with E-state index in [4.69, 9.17) is 0 Å². The Morgan fingerprint density at radius 2 is 2.50 bits per heavy atom. The van der Waals surface area contributed by atoms with Crippen LogP contribution in [0.15, 0.2) is 12.3 Å². The zero-order valence-electron chi connectivity index (χ0n) is 9.39. The third-order valence-electron chi connectivity index (χ3n) is 3.12. The largest absolute Gasteiger partial charge is 0.393 e. The zero-order valence-corrected chi connectivity index (χ0v) is 9.39. The smallest absolute Gasteiger partial charge is 0.269 e. The van der Waals surface area contributed by atoms with E-state index in [-0.39, 0.29) is 12.0 Å². The summed E-state index contributed by atoms with van der Waals surface area (Å²) in [7, 11) is 1.74. The lowest BCUT2D eigenvalue weighted by Gasteiger charge is -2.10. The Kier molecular flexibility index (Phi) is 3.24. The molecule has 1 aliphatic carbocycles. The first-order valence-corrected chi connectivity index (χ1v) is 5.61. The highest BCUT2D eigenvalue weighted by molar-refractivity contribution is 5.92. The SMILES string of the molecule is Cn1nccc1C(=O)NCC1CCC(O)C1. The number of hydrogen-bond acceptors (Lipinski definition) is 3. The number of hydrogen-bond donors (Lipinski definition) is 2. The second-order valence-electron chi connectivity index (χ2n) is 4.38. The maximum atomic E-state index is 11.7. The van der Waals surface area contributed by atoms with Gasteiger partial charge in [-0.3, -0.25) is 9.48 Å². The summed E-state index contributed by atoms with van der Waals surface area (Å²) in [5, 5.41) is 16.2. The molecule has 88 valence electrons. The van der Waals surface area contributed by atoms with Gasteiger partial charge in [-0.25, -0.2) is 0 Å². The van der Waals surface area contributed by atoms with Gasteiger partial charge in [-0.1, -0.05) is 0 Å². The highest BCUT2D eigenvalue weighted by Crippen LogP contribution is 2.24. The molecule has 2 atom stereocenters. The van der Waals surface area contributed by atoms with Crippen molar-refractivity contribution in [1.29, 1.82) is 0 Å². The molecule has 16 heavy (non-hydrogen) atoms. The summed E-state index contributed by atoms with van der Waals surface area (Å²) in [5.41, 5.74) is 0.568. The van der Waals surface area contributed by atoms with Crippen molar-refractivity contribution in [3.05, 3.63) is 18.0 Å². The van der Waals surface area contributed by atoms with Crippen LogP contribution in [0.4, 0.5) is 0 Å². The number of carbonyl (C=O) groups is 1. The monoisotopic (exact) mass is 223 g/mol. The van der Waals surface area contributed by atoms with Crippen LogP contribution in [0.25, 0.3) is 0 Å². The van der Waals surface area contributed by atoms with Gasteiger partial charge in [-0.15, -0.1) is 0 Å². The molecule has 1 aromatic rings. The van der Waals surface area contributed by atoms with Crippen molar-refractivity contribution < 1.29 is 9.90 Å². The van der Waals surface area contributed by atoms with Crippen molar-refractivity contribution in [2.24, 2.45) is 13.0 Å². The van der Waals surface area contributed by atoms with Gasteiger partial charge in [0.1, 0.15) is 5.69 Å². The minimum atomic E-state index is -0.182. The average molecular weight is 223 g/mol. The van der Waals surface area contributed by atoms with E-state index in [0.717, 1.165) is 19.3 Å². The highest BCUT2D eigenvalue weighted by atomic mass is 16.3. The first-order valence-electron chi connectivity index (χ1n) is 5.61. The van der Waals surface area contributed by atoms with Gasteiger partial charge in [0.05, 0.1) is 6.10 Å². The normalized spacial score (nSPS) is 24.6. The van der Waals surface area contributed by atoms with Crippen molar-refractivity contribution >= 4 is 5.91 Å². The summed E-state index contributed by atoms with van der Waals surface area (Å²) in [6.45, 7) is 0.640. The molecule has 1 amide bonds. The van der Waals surface area contributed by atoms with Gasteiger partial charge < -0.3 is 10.4 Å². The van der Waals surface area contributed by atoms with Crippen LogP contribution in [-0.4, -0.2) is 33.4 Å². The molecule has 1 fully saturated rings. The number of aryl methyl sites for hydroxylation is 1. The summed E-state index contributed by atoms with van der Waals surface area (Å²) in [6, 6.07) is 1.69. The zero-order chi connectivity index (χ0) is 11.5. The second-order valence-corrected chi connectivity index (χ2v) is 4.38. The Bertz CT molecular complexity index is 375. The fourth-order valence-electron chi connectivity index (χ4n) is 2.16. The van der Waals surface area contributed by atoms with Crippen LogP contribution in [0.1, 0.15) is 29.8 Å². The van der Waals surface area contributed by atoms with Crippen LogP contribution in [0.2, 0.25) is 0 Å². The molecule has 0 bridgehead atoms. The topological polar surface area (TPSA) is 67.2 Å². The van der Waals surface area contributed by atoms with Gasteiger partial charge >= 0.3 is 0 Å². The van der Waals surface area contributed by atoms with Gasteiger partial charge in [-0.2, -0.15) is 5.10 Å². The first kappa shape index (κ1) is 11.1. The van der Waals surface area contributed by atoms with Crippen LogP contribution < -0.4 is 5.32 Å². The van der Waals surface area contributed by atoms with E-state index in [1.165, 1.54) is 0 Å². The van der Waals surface area contributed by atoms with E-state index >= 15 is 0 Å². The summed E-state index contributed by atoms with van der Waals surface area (Å²) >= 11 is 0. The molecule has 5 nitrogen and oxygen atoms in total. The van der Waals surface area contributed by atoms with Gasteiger partial charge in [-0.05, 0) is 31.2 Å². The molecule has 1 aliphatic rings. The maximum Gasteiger partial charge on any atom is 0.269 e. The van der Waals surface area contributed by atoms with Gasteiger partial charge in [0.2, 0.25) is 0 Å². The summed E-state index contributed by atoms with van der Waals surface area (Å²) in [6.07, 6.45) is 4.07. The van der Waals surface area contributed by atoms with Crippen LogP contribution in [-0.2, 0) is 7.05 Å². The molecule has 2 N–H and O–H groups in total. The third-order valence-corrected chi connectivity index (χ3v) is 3.12. The molecule has 0 aliphatic heterocycles. The standard InChI is InChI=1S/C11H17N3O2/c1-14-10(4-5-13-14)11(16)12-7-8-2-3-9(15)6-8/h4-5,8-9,15H,2-3,6-7H2,1H3,(H,12,16). The molecule has 5 heteroatoms. The van der Waals surface area contributed by atoms with Crippen molar-refractivity contribution in [2.45, 2.75) is 25.4 Å². The molecule has 0 radical (unpaired) electrons. The van der Waals surface area contributed by atoms with E-state index in [9.17, 15) is 9.90 Å². The Morgan fingerprint density at radius 1 is 1.69 bits per heavy atom. The molecule has 0 aromatic carbocycles. The van der Waals surface area contributed by atoms with E-state index in [1.54, 1.807) is 24.0 Å². The lowest BCUT2D eigenvalue weighted by atomic mass is 10.1. The van der Waals surface area contributed by atoms with Crippen molar-refractivity contribution in [3.63, 3.8) is 0 Å². The molecule has 2 unspecified atom stereocenters. The van der Waals surface area contributed by atoms with Crippen molar-refractivity contribution in [2.75, 3.05) is 6.54 Å². The molecular formula is C11H17N3O2. The first-order chi connectivity index (χ1) is 7.66. The maximum absolute atomic E-state index is 11.7. The second kappa shape index (κ2) is 4.65. The fourth-order valence-corrected chi connectivity index (χ4v) is 2.16. The predicted octanol–water partition coefficient (Wildman–Crippen LogP) is 0.311. The summed E-state index contributed by atoms with van der Waals surface area (Å²) in [5.74, 6) is 0.313. The van der Waals surface area contributed by atoms with E-state index < -0.39 is 0 Å². The fraction of sp³-hybridized carbons (Fsp3) is 0.636. The molecule has 0 spiro atoms. The molecule has 1 aromatic heterocycles. The number of nitrogens with one attached hydrogen (secondary N) is 1. The Balaban J connectivity index is 1.82. The number of carbonyl (C=O) groups excluding carboxylic acids is 1. The van der Waals surface area contributed by atoms with Crippen LogP contribution in [0.3, 0.4) is 0 Å². The minimum Gasteiger partial charge on any atom is -0.393 e. The van der Waals surface area contributed by atoms with Gasteiger partial charge in [0.15, 0.2) is 0 Å². The number of amides is 1. The quantitative estimate of drug-likeness (QED) is 0.775. The van der Waals surface area contributed by atoms with E-state index in [0.29, 0.717) is 18.2 Å². The lowest BCUT2D eigenvalue weighted by molar-refractivity contribution is 0.0935.